The van der Waals surface area contributed by atoms with E-state index in [4.69, 9.17) is 0 Å². The van der Waals surface area contributed by atoms with Gasteiger partial charge in [-0.2, -0.15) is 0 Å². The summed E-state index contributed by atoms with van der Waals surface area (Å²) in [6.45, 7) is 1.84. The maximum Gasteiger partial charge on any atom is 0.137 e. The molecule has 0 aliphatic carbocycles. The van der Waals surface area contributed by atoms with Crippen LogP contribution in [-0.4, -0.2) is 6.29 Å². The van der Waals surface area contributed by atoms with Gasteiger partial charge in [-0.05, 0) is 40.0 Å². The van der Waals surface area contributed by atoms with E-state index in [1.54, 1.807) is 12.1 Å². The Labute approximate surface area is 85.1 Å². The Bertz CT molecular complexity index is 312. The summed E-state index contributed by atoms with van der Waals surface area (Å²) >= 11 is 3.09. The van der Waals surface area contributed by atoms with Crippen molar-refractivity contribution in [3.8, 4) is 0 Å². The van der Waals surface area contributed by atoms with Crippen LogP contribution in [-0.2, 0) is 11.2 Å². The number of carbonyl (C=O) groups is 1. The van der Waals surface area contributed by atoms with Crippen molar-refractivity contribution in [2.24, 2.45) is 5.92 Å². The molecule has 3 heteroatoms. The van der Waals surface area contributed by atoms with Gasteiger partial charge >= 0.3 is 0 Å². The minimum absolute atomic E-state index is 0.0163. The van der Waals surface area contributed by atoms with Crippen LogP contribution in [0.15, 0.2) is 22.7 Å². The van der Waals surface area contributed by atoms with E-state index in [9.17, 15) is 9.18 Å². The summed E-state index contributed by atoms with van der Waals surface area (Å²) in [5.41, 5.74) is 0.966. The predicted octanol–water partition coefficient (Wildman–Crippen LogP) is 2.97. The predicted molar refractivity (Wildman–Crippen MR) is 53.0 cm³/mol. The molecular formula is C10H10BrFO. The number of hydrogen-bond acceptors (Lipinski definition) is 1. The first-order valence-corrected chi connectivity index (χ1v) is 4.82. The van der Waals surface area contributed by atoms with Crippen molar-refractivity contribution in [1.82, 2.24) is 0 Å². The van der Waals surface area contributed by atoms with E-state index in [0.29, 0.717) is 10.9 Å². The Morgan fingerprint density at radius 2 is 2.31 bits per heavy atom. The Morgan fingerprint density at radius 3 is 2.85 bits per heavy atom. The number of rotatable bonds is 3. The lowest BCUT2D eigenvalue weighted by atomic mass is 10.0. The van der Waals surface area contributed by atoms with Crippen LogP contribution in [0.2, 0.25) is 0 Å². The molecule has 0 radical (unpaired) electrons. The van der Waals surface area contributed by atoms with E-state index in [2.05, 4.69) is 15.9 Å². The van der Waals surface area contributed by atoms with Gasteiger partial charge in [0.05, 0.1) is 4.47 Å². The Balaban J connectivity index is 2.79. The molecule has 0 bridgehead atoms. The Hall–Kier alpha value is -0.700. The van der Waals surface area contributed by atoms with Gasteiger partial charge in [-0.25, -0.2) is 4.39 Å². The average molecular weight is 245 g/mol. The lowest BCUT2D eigenvalue weighted by molar-refractivity contribution is -0.110. The third-order valence-corrected chi connectivity index (χ3v) is 2.38. The summed E-state index contributed by atoms with van der Waals surface area (Å²) in [5.74, 6) is -0.292. The van der Waals surface area contributed by atoms with Crippen molar-refractivity contribution >= 4 is 22.2 Å². The molecule has 0 saturated heterocycles. The molecule has 0 amide bonds. The van der Waals surface area contributed by atoms with Crippen LogP contribution in [0.1, 0.15) is 12.5 Å². The zero-order valence-electron chi connectivity index (χ0n) is 7.26. The second-order valence-electron chi connectivity index (χ2n) is 3.07. The van der Waals surface area contributed by atoms with E-state index < -0.39 is 0 Å². The van der Waals surface area contributed by atoms with Crippen molar-refractivity contribution in [2.45, 2.75) is 13.3 Å². The topological polar surface area (TPSA) is 17.1 Å². The van der Waals surface area contributed by atoms with Gasteiger partial charge in [0.15, 0.2) is 0 Å². The highest BCUT2D eigenvalue weighted by Crippen LogP contribution is 2.18. The number of carbonyl (C=O) groups excluding carboxylic acids is 1. The SMILES string of the molecule is CC(C=O)Cc1ccc(F)c(Br)c1. The lowest BCUT2D eigenvalue weighted by Gasteiger charge is -2.04. The molecule has 0 aromatic heterocycles. The van der Waals surface area contributed by atoms with Crippen molar-refractivity contribution in [2.75, 3.05) is 0 Å². The summed E-state index contributed by atoms with van der Waals surface area (Å²) in [6, 6.07) is 4.80. The van der Waals surface area contributed by atoms with Gasteiger partial charge in [-0.15, -0.1) is 0 Å². The van der Waals surface area contributed by atoms with Crippen LogP contribution in [0.3, 0.4) is 0 Å². The molecule has 1 nitrogen and oxygen atoms in total. The third kappa shape index (κ3) is 2.92. The fourth-order valence-electron chi connectivity index (χ4n) is 1.09. The number of benzene rings is 1. The van der Waals surface area contributed by atoms with Crippen LogP contribution in [0.25, 0.3) is 0 Å². The molecular weight excluding hydrogens is 235 g/mol. The first-order chi connectivity index (χ1) is 6.13. The largest absolute Gasteiger partial charge is 0.303 e. The monoisotopic (exact) mass is 244 g/mol. The average Bonchev–Trinajstić information content (AvgIpc) is 2.11. The second-order valence-corrected chi connectivity index (χ2v) is 3.92. The van der Waals surface area contributed by atoms with Crippen molar-refractivity contribution < 1.29 is 9.18 Å². The zero-order valence-corrected chi connectivity index (χ0v) is 8.84. The molecule has 0 fully saturated rings. The molecule has 1 rings (SSSR count). The molecule has 1 aromatic carbocycles. The van der Waals surface area contributed by atoms with Crippen LogP contribution in [0.4, 0.5) is 4.39 Å². The third-order valence-electron chi connectivity index (χ3n) is 1.77. The summed E-state index contributed by atoms with van der Waals surface area (Å²) in [6.07, 6.45) is 1.56. The van der Waals surface area contributed by atoms with Gasteiger partial charge in [0.1, 0.15) is 12.1 Å². The molecule has 13 heavy (non-hydrogen) atoms. The molecule has 0 N–H and O–H groups in total. The van der Waals surface area contributed by atoms with Crippen LogP contribution in [0, 0.1) is 11.7 Å². The summed E-state index contributed by atoms with van der Waals surface area (Å²) in [5, 5.41) is 0. The van der Waals surface area contributed by atoms with E-state index in [0.717, 1.165) is 11.8 Å². The lowest BCUT2D eigenvalue weighted by Crippen LogP contribution is -2.00. The molecule has 0 spiro atoms. The minimum atomic E-state index is -0.275. The smallest absolute Gasteiger partial charge is 0.137 e. The Kier molecular flexibility index (Phi) is 3.60. The van der Waals surface area contributed by atoms with Crippen molar-refractivity contribution in [3.05, 3.63) is 34.1 Å². The second kappa shape index (κ2) is 4.51. The van der Waals surface area contributed by atoms with Gasteiger partial charge in [-0.1, -0.05) is 13.0 Å². The maximum atomic E-state index is 12.8. The number of halogens is 2. The van der Waals surface area contributed by atoms with Crippen molar-refractivity contribution in [3.63, 3.8) is 0 Å². The van der Waals surface area contributed by atoms with Gasteiger partial charge < -0.3 is 4.79 Å². The van der Waals surface area contributed by atoms with Gasteiger partial charge in [0, 0.05) is 5.92 Å². The maximum absolute atomic E-state index is 12.8. The fraction of sp³-hybridized carbons (Fsp3) is 0.300. The van der Waals surface area contributed by atoms with Crippen molar-refractivity contribution in [1.29, 1.82) is 0 Å². The highest BCUT2D eigenvalue weighted by atomic mass is 79.9. The zero-order chi connectivity index (χ0) is 9.84. The summed E-state index contributed by atoms with van der Waals surface area (Å²) in [7, 11) is 0. The number of hydrogen-bond donors (Lipinski definition) is 0. The molecule has 0 aliphatic rings. The molecule has 1 unspecified atom stereocenters. The molecule has 1 aromatic rings. The van der Waals surface area contributed by atoms with Crippen LogP contribution in [0.5, 0.6) is 0 Å². The van der Waals surface area contributed by atoms with Crippen LogP contribution >= 0.6 is 15.9 Å². The van der Waals surface area contributed by atoms with E-state index in [1.165, 1.54) is 6.07 Å². The first kappa shape index (κ1) is 10.4. The molecule has 0 heterocycles. The fourth-order valence-corrected chi connectivity index (χ4v) is 1.51. The Morgan fingerprint density at radius 1 is 1.62 bits per heavy atom. The summed E-state index contributed by atoms with van der Waals surface area (Å²) < 4.78 is 13.2. The minimum Gasteiger partial charge on any atom is -0.303 e. The van der Waals surface area contributed by atoms with Gasteiger partial charge in [0.2, 0.25) is 0 Å². The highest BCUT2D eigenvalue weighted by Gasteiger charge is 2.04. The van der Waals surface area contributed by atoms with E-state index in [-0.39, 0.29) is 11.7 Å². The molecule has 70 valence electrons. The quantitative estimate of drug-likeness (QED) is 0.748. The molecule has 0 aliphatic heterocycles. The normalized spacial score (nSPS) is 12.5. The standard InChI is InChI=1S/C10H10BrFO/c1-7(6-13)4-8-2-3-10(12)9(11)5-8/h2-3,5-7H,4H2,1H3. The van der Waals surface area contributed by atoms with Gasteiger partial charge in [-0.3, -0.25) is 0 Å². The summed E-state index contributed by atoms with van der Waals surface area (Å²) in [4.78, 5) is 10.4. The molecule has 1 atom stereocenters. The van der Waals surface area contributed by atoms with Crippen LogP contribution < -0.4 is 0 Å². The van der Waals surface area contributed by atoms with E-state index in [1.807, 2.05) is 6.92 Å². The van der Waals surface area contributed by atoms with E-state index >= 15 is 0 Å². The highest BCUT2D eigenvalue weighted by molar-refractivity contribution is 9.10. The van der Waals surface area contributed by atoms with Gasteiger partial charge in [0.25, 0.3) is 0 Å². The number of aldehydes is 1. The molecule has 0 saturated carbocycles. The first-order valence-electron chi connectivity index (χ1n) is 4.02.